The molecule has 34 heavy (non-hydrogen) atoms. The lowest BCUT2D eigenvalue weighted by molar-refractivity contribution is 0.0593. The van der Waals surface area contributed by atoms with E-state index < -0.39 is 24.0 Å². The fourth-order valence-electron chi connectivity index (χ4n) is 3.47. The first-order chi connectivity index (χ1) is 16.4. The van der Waals surface area contributed by atoms with Crippen LogP contribution in [-0.4, -0.2) is 58.5 Å². The molecule has 0 atom stereocenters. The van der Waals surface area contributed by atoms with Crippen molar-refractivity contribution < 1.29 is 27.5 Å². The number of anilines is 3. The van der Waals surface area contributed by atoms with Crippen LogP contribution in [0, 0.1) is 5.82 Å². The Labute approximate surface area is 192 Å². The first-order valence-corrected chi connectivity index (χ1v) is 10.3. The van der Waals surface area contributed by atoms with Crippen LogP contribution in [0.3, 0.4) is 0 Å². The molecular weight excluding hydrogens is 453 g/mol. The molecule has 9 nitrogen and oxygen atoms in total. The number of nitrogens with zero attached hydrogens (tertiary/aromatic N) is 5. The highest BCUT2D eigenvalue weighted by Crippen LogP contribution is 2.28. The second-order valence-corrected chi connectivity index (χ2v) is 7.49. The average molecular weight is 472 g/mol. The molecular formula is C22H19F3N6O3. The molecule has 4 rings (SSSR count). The average Bonchev–Trinajstić information content (AvgIpc) is 2.85. The van der Waals surface area contributed by atoms with Gasteiger partial charge in [-0.3, -0.25) is 4.79 Å². The molecule has 0 aliphatic carbocycles. The maximum atomic E-state index is 14.4. The van der Waals surface area contributed by atoms with Crippen LogP contribution in [-0.2, 0) is 4.74 Å². The van der Waals surface area contributed by atoms with Crippen LogP contribution in [0.5, 0.6) is 0 Å². The SMILES string of the molecule is COC(=O)c1nnc(Nc2nc(N3CCC(F)CC3)ncc2F)cc1-c1ccc(C(=O)F)cc1. The lowest BCUT2D eigenvalue weighted by Gasteiger charge is -2.28. The first kappa shape index (κ1) is 23.1. The molecule has 2 aromatic heterocycles. The van der Waals surface area contributed by atoms with Crippen LogP contribution >= 0.6 is 0 Å². The molecule has 3 heterocycles. The van der Waals surface area contributed by atoms with Crippen molar-refractivity contribution in [3.05, 3.63) is 53.6 Å². The number of benzene rings is 1. The minimum Gasteiger partial charge on any atom is -0.464 e. The molecule has 0 amide bonds. The van der Waals surface area contributed by atoms with Crippen molar-refractivity contribution in [1.82, 2.24) is 20.2 Å². The van der Waals surface area contributed by atoms with Gasteiger partial charge in [-0.1, -0.05) is 12.1 Å². The summed E-state index contributed by atoms with van der Waals surface area (Å²) in [6.45, 7) is 0.808. The standard InChI is InChI=1S/C22H19F3N6O3/c1-34-21(33)18-15(12-2-4-13(5-3-12)19(25)32)10-17(29-30-18)27-20-16(24)11-26-22(28-20)31-8-6-14(23)7-9-31/h2-5,10-11,14H,6-9H2,1H3,(H,26,27,28,29). The minimum absolute atomic E-state index is 0.0549. The largest absolute Gasteiger partial charge is 0.464 e. The van der Waals surface area contributed by atoms with Crippen LogP contribution in [0.1, 0.15) is 33.7 Å². The van der Waals surface area contributed by atoms with Crippen molar-refractivity contribution in [3.63, 3.8) is 0 Å². The van der Waals surface area contributed by atoms with E-state index >= 15 is 0 Å². The van der Waals surface area contributed by atoms with Gasteiger partial charge >= 0.3 is 12.0 Å². The van der Waals surface area contributed by atoms with E-state index in [1.165, 1.54) is 37.4 Å². The predicted molar refractivity (Wildman–Crippen MR) is 116 cm³/mol. The minimum atomic E-state index is -1.60. The smallest absolute Gasteiger partial charge is 0.359 e. The van der Waals surface area contributed by atoms with Crippen molar-refractivity contribution in [2.24, 2.45) is 0 Å². The van der Waals surface area contributed by atoms with Gasteiger partial charge in [-0.2, -0.15) is 9.37 Å². The maximum Gasteiger partial charge on any atom is 0.359 e. The summed E-state index contributed by atoms with van der Waals surface area (Å²) in [5.41, 5.74) is 0.379. The Morgan fingerprint density at radius 2 is 1.85 bits per heavy atom. The highest BCUT2D eigenvalue weighted by atomic mass is 19.1. The van der Waals surface area contributed by atoms with Crippen LogP contribution < -0.4 is 10.2 Å². The number of methoxy groups -OCH3 is 1. The molecule has 1 N–H and O–H groups in total. The molecule has 3 aromatic rings. The van der Waals surface area contributed by atoms with E-state index in [2.05, 4.69) is 25.5 Å². The lowest BCUT2D eigenvalue weighted by Crippen LogP contribution is -2.35. The zero-order valence-corrected chi connectivity index (χ0v) is 18.0. The van der Waals surface area contributed by atoms with Crippen LogP contribution in [0.15, 0.2) is 36.5 Å². The van der Waals surface area contributed by atoms with Gasteiger partial charge in [0, 0.05) is 18.7 Å². The van der Waals surface area contributed by atoms with Crippen molar-refractivity contribution in [2.75, 3.05) is 30.4 Å². The van der Waals surface area contributed by atoms with Gasteiger partial charge in [0.2, 0.25) is 5.95 Å². The number of aromatic nitrogens is 4. The third kappa shape index (κ3) is 4.95. The Balaban J connectivity index is 1.66. The monoisotopic (exact) mass is 472 g/mol. The zero-order chi connectivity index (χ0) is 24.2. The number of alkyl halides is 1. The van der Waals surface area contributed by atoms with Crippen LogP contribution in [0.2, 0.25) is 0 Å². The van der Waals surface area contributed by atoms with Crippen molar-refractivity contribution >= 4 is 29.6 Å². The number of hydrogen-bond donors (Lipinski definition) is 1. The lowest BCUT2D eigenvalue weighted by atomic mass is 10.0. The number of ether oxygens (including phenoxy) is 1. The van der Waals surface area contributed by atoms with Crippen molar-refractivity contribution in [1.29, 1.82) is 0 Å². The van der Waals surface area contributed by atoms with Gasteiger partial charge in [0.05, 0.1) is 18.9 Å². The quantitative estimate of drug-likeness (QED) is 0.425. The van der Waals surface area contributed by atoms with E-state index in [1.807, 2.05) is 0 Å². The molecule has 0 radical (unpaired) electrons. The Morgan fingerprint density at radius 1 is 1.15 bits per heavy atom. The summed E-state index contributed by atoms with van der Waals surface area (Å²) in [6, 6.07) is 5.18. The molecule has 1 aliphatic heterocycles. The number of carbonyl (C=O) groups excluding carboxylic acids is 2. The van der Waals surface area contributed by atoms with E-state index in [-0.39, 0.29) is 34.4 Å². The third-order valence-electron chi connectivity index (χ3n) is 5.28. The number of rotatable bonds is 6. The van der Waals surface area contributed by atoms with Gasteiger partial charge in [0.15, 0.2) is 23.1 Å². The number of halogens is 3. The summed E-state index contributed by atoms with van der Waals surface area (Å²) >= 11 is 0. The van der Waals surface area contributed by atoms with Gasteiger partial charge in [-0.15, -0.1) is 10.2 Å². The van der Waals surface area contributed by atoms with Crippen LogP contribution in [0.4, 0.5) is 30.8 Å². The topological polar surface area (TPSA) is 110 Å². The van der Waals surface area contributed by atoms with Crippen molar-refractivity contribution in [3.8, 4) is 11.1 Å². The fourth-order valence-corrected chi connectivity index (χ4v) is 3.47. The van der Waals surface area contributed by atoms with Gasteiger partial charge in [-0.05, 0) is 36.6 Å². The van der Waals surface area contributed by atoms with E-state index in [9.17, 15) is 22.8 Å². The van der Waals surface area contributed by atoms with Crippen molar-refractivity contribution in [2.45, 2.75) is 19.0 Å². The number of nitrogens with one attached hydrogen (secondary N) is 1. The third-order valence-corrected chi connectivity index (χ3v) is 5.28. The molecule has 0 saturated carbocycles. The predicted octanol–water partition coefficient (Wildman–Crippen LogP) is 3.65. The molecule has 0 spiro atoms. The number of carbonyl (C=O) groups is 2. The van der Waals surface area contributed by atoms with Gasteiger partial charge in [0.1, 0.15) is 6.17 Å². The van der Waals surface area contributed by atoms with Crippen LogP contribution in [0.25, 0.3) is 11.1 Å². The summed E-state index contributed by atoms with van der Waals surface area (Å²) in [4.78, 5) is 33.0. The van der Waals surface area contributed by atoms with Gasteiger partial charge < -0.3 is 15.0 Å². The highest BCUT2D eigenvalue weighted by Gasteiger charge is 2.22. The second-order valence-electron chi connectivity index (χ2n) is 7.49. The maximum absolute atomic E-state index is 14.4. The molecule has 0 unspecified atom stereocenters. The van der Waals surface area contributed by atoms with E-state index in [0.717, 1.165) is 6.20 Å². The molecule has 176 valence electrons. The molecule has 1 saturated heterocycles. The normalized spacial score (nSPS) is 14.1. The highest BCUT2D eigenvalue weighted by molar-refractivity contribution is 5.96. The molecule has 1 aliphatic rings. The van der Waals surface area contributed by atoms with E-state index in [0.29, 0.717) is 31.5 Å². The fraction of sp³-hybridized carbons (Fsp3) is 0.273. The summed E-state index contributed by atoms with van der Waals surface area (Å²) in [7, 11) is 1.17. The molecule has 1 aromatic carbocycles. The summed E-state index contributed by atoms with van der Waals surface area (Å²) in [5.74, 6) is -1.42. The van der Waals surface area contributed by atoms with Gasteiger partial charge in [0.25, 0.3) is 0 Å². The Bertz CT molecular complexity index is 1220. The zero-order valence-electron chi connectivity index (χ0n) is 18.0. The number of hydrogen-bond acceptors (Lipinski definition) is 9. The molecule has 12 heteroatoms. The first-order valence-electron chi connectivity index (χ1n) is 10.3. The Hall–Kier alpha value is -4.09. The van der Waals surface area contributed by atoms with E-state index in [4.69, 9.17) is 4.74 Å². The Morgan fingerprint density at radius 3 is 2.50 bits per heavy atom. The summed E-state index contributed by atoms with van der Waals surface area (Å²) in [5, 5.41) is 10.5. The van der Waals surface area contributed by atoms with E-state index in [1.54, 1.807) is 4.90 Å². The van der Waals surface area contributed by atoms with Gasteiger partial charge in [-0.25, -0.2) is 18.6 Å². The number of esters is 1. The number of piperidine rings is 1. The Kier molecular flexibility index (Phi) is 6.66. The summed E-state index contributed by atoms with van der Waals surface area (Å²) < 4.78 is 45.6. The molecule has 1 fully saturated rings. The summed E-state index contributed by atoms with van der Waals surface area (Å²) in [6.07, 6.45) is 0.782. The molecule has 0 bridgehead atoms. The second kappa shape index (κ2) is 9.81.